The van der Waals surface area contributed by atoms with Gasteiger partial charge in [-0.1, -0.05) is 6.07 Å². The molecular formula is C25H32N6O3. The van der Waals surface area contributed by atoms with Gasteiger partial charge in [-0.25, -0.2) is 9.97 Å². The van der Waals surface area contributed by atoms with Crippen LogP contribution in [0.1, 0.15) is 28.8 Å². The van der Waals surface area contributed by atoms with Crippen LogP contribution in [0.5, 0.6) is 5.75 Å². The molecule has 180 valence electrons. The van der Waals surface area contributed by atoms with E-state index < -0.39 is 0 Å². The van der Waals surface area contributed by atoms with Gasteiger partial charge < -0.3 is 24.7 Å². The Morgan fingerprint density at radius 1 is 1.21 bits per heavy atom. The first-order chi connectivity index (χ1) is 16.7. The smallest absolute Gasteiger partial charge is 0.251 e. The fourth-order valence-corrected chi connectivity index (χ4v) is 4.69. The molecule has 9 nitrogen and oxygen atoms in total. The number of nitrogens with one attached hydrogen (secondary N) is 2. The van der Waals surface area contributed by atoms with Crippen molar-refractivity contribution < 1.29 is 14.3 Å². The van der Waals surface area contributed by atoms with E-state index in [-0.39, 0.29) is 11.9 Å². The number of hydrogen-bond acceptors (Lipinski definition) is 7. The molecule has 4 heterocycles. The van der Waals surface area contributed by atoms with Crippen LogP contribution in [0.4, 0.5) is 5.82 Å². The van der Waals surface area contributed by atoms with E-state index in [0.29, 0.717) is 12.2 Å². The summed E-state index contributed by atoms with van der Waals surface area (Å²) >= 11 is 0. The largest absolute Gasteiger partial charge is 0.492 e. The molecular weight excluding hydrogens is 432 g/mol. The summed E-state index contributed by atoms with van der Waals surface area (Å²) in [6.07, 6.45) is 5.32. The topological polar surface area (TPSA) is 95.6 Å². The van der Waals surface area contributed by atoms with Crippen LogP contribution >= 0.6 is 0 Å². The molecule has 0 aliphatic carbocycles. The molecule has 0 radical (unpaired) electrons. The molecule has 34 heavy (non-hydrogen) atoms. The standard InChI is InChI=1S/C25H32N6O3/c1-18-16-26-23-22(18)24(28-17-27-23)31-7-5-20(6-8-31)29-25(32)19-3-2-4-21(15-19)34-14-11-30-9-12-33-13-10-30/h2-4,15-17,20H,5-14H2,1H3,(H,29,32)(H,26,27,28). The van der Waals surface area contributed by atoms with Crippen LogP contribution in [0.25, 0.3) is 11.0 Å². The van der Waals surface area contributed by atoms with Crippen molar-refractivity contribution in [1.29, 1.82) is 0 Å². The van der Waals surface area contributed by atoms with E-state index in [9.17, 15) is 4.79 Å². The molecule has 0 atom stereocenters. The number of piperidine rings is 1. The number of hydrogen-bond donors (Lipinski definition) is 2. The van der Waals surface area contributed by atoms with Gasteiger partial charge in [0.25, 0.3) is 5.91 Å². The van der Waals surface area contributed by atoms with Gasteiger partial charge in [-0.2, -0.15) is 0 Å². The van der Waals surface area contributed by atoms with Gasteiger partial charge in [-0.3, -0.25) is 9.69 Å². The lowest BCUT2D eigenvalue weighted by Crippen LogP contribution is -2.45. The average molecular weight is 465 g/mol. The molecule has 0 bridgehead atoms. The number of fused-ring (bicyclic) bond motifs is 1. The Labute approximate surface area is 199 Å². The Morgan fingerprint density at radius 2 is 2.03 bits per heavy atom. The number of rotatable bonds is 7. The van der Waals surface area contributed by atoms with Gasteiger partial charge in [-0.15, -0.1) is 0 Å². The number of carbonyl (C=O) groups excluding carboxylic acids is 1. The molecule has 0 saturated carbocycles. The van der Waals surface area contributed by atoms with Crippen molar-refractivity contribution in [2.45, 2.75) is 25.8 Å². The fraction of sp³-hybridized carbons (Fsp3) is 0.480. The molecule has 1 amide bonds. The zero-order valence-corrected chi connectivity index (χ0v) is 19.6. The fourth-order valence-electron chi connectivity index (χ4n) is 4.69. The Morgan fingerprint density at radius 3 is 2.85 bits per heavy atom. The van der Waals surface area contributed by atoms with E-state index in [1.165, 1.54) is 0 Å². The van der Waals surface area contributed by atoms with Gasteiger partial charge >= 0.3 is 0 Å². The zero-order chi connectivity index (χ0) is 23.3. The summed E-state index contributed by atoms with van der Waals surface area (Å²) in [4.78, 5) is 29.6. The number of anilines is 1. The van der Waals surface area contributed by atoms with Gasteiger partial charge in [0.15, 0.2) is 0 Å². The first-order valence-electron chi connectivity index (χ1n) is 12.0. The number of morpholine rings is 1. The van der Waals surface area contributed by atoms with Gasteiger partial charge in [0, 0.05) is 50.5 Å². The summed E-state index contributed by atoms with van der Waals surface area (Å²) in [6, 6.07) is 7.59. The number of nitrogens with zero attached hydrogens (tertiary/aromatic N) is 4. The van der Waals surface area contributed by atoms with E-state index in [2.05, 4.69) is 37.0 Å². The number of H-pyrrole nitrogens is 1. The molecule has 2 saturated heterocycles. The molecule has 2 aliphatic rings. The molecule has 3 aromatic rings. The number of benzene rings is 1. The Kier molecular flexibility index (Phi) is 6.92. The third kappa shape index (κ3) is 5.15. The summed E-state index contributed by atoms with van der Waals surface area (Å²) in [5.41, 5.74) is 2.64. The second-order valence-corrected chi connectivity index (χ2v) is 8.96. The number of aromatic amines is 1. The van der Waals surface area contributed by atoms with Crippen LogP contribution < -0.4 is 15.0 Å². The van der Waals surface area contributed by atoms with Gasteiger partial charge in [-0.05, 0) is 43.5 Å². The van der Waals surface area contributed by atoms with Crippen molar-refractivity contribution in [2.75, 3.05) is 57.4 Å². The van der Waals surface area contributed by atoms with Crippen molar-refractivity contribution in [3.63, 3.8) is 0 Å². The predicted molar refractivity (Wildman–Crippen MR) is 131 cm³/mol. The number of aromatic nitrogens is 3. The molecule has 2 aliphatic heterocycles. The van der Waals surface area contributed by atoms with E-state index in [4.69, 9.17) is 9.47 Å². The normalized spacial score (nSPS) is 17.7. The molecule has 5 rings (SSSR count). The van der Waals surface area contributed by atoms with Crippen LogP contribution in [0.2, 0.25) is 0 Å². The van der Waals surface area contributed by atoms with Crippen molar-refractivity contribution in [3.05, 3.63) is 47.9 Å². The van der Waals surface area contributed by atoms with Gasteiger partial charge in [0.2, 0.25) is 0 Å². The van der Waals surface area contributed by atoms with Crippen molar-refractivity contribution >= 4 is 22.8 Å². The maximum Gasteiger partial charge on any atom is 0.251 e. The maximum atomic E-state index is 12.9. The van der Waals surface area contributed by atoms with Crippen LogP contribution in [0.3, 0.4) is 0 Å². The number of aryl methyl sites for hydroxylation is 1. The van der Waals surface area contributed by atoms with E-state index >= 15 is 0 Å². The number of amides is 1. The minimum atomic E-state index is -0.0528. The number of ether oxygens (including phenoxy) is 2. The predicted octanol–water partition coefficient (Wildman–Crippen LogP) is 2.38. The second-order valence-electron chi connectivity index (χ2n) is 8.96. The summed E-state index contributed by atoms with van der Waals surface area (Å²) in [5.74, 6) is 1.64. The van der Waals surface area contributed by atoms with E-state index in [1.807, 2.05) is 30.5 Å². The molecule has 2 aromatic heterocycles. The third-order valence-electron chi connectivity index (χ3n) is 6.65. The highest BCUT2D eigenvalue weighted by Gasteiger charge is 2.24. The van der Waals surface area contributed by atoms with E-state index in [0.717, 1.165) is 86.9 Å². The van der Waals surface area contributed by atoms with Crippen LogP contribution in [0.15, 0.2) is 36.8 Å². The molecule has 2 fully saturated rings. The SMILES string of the molecule is Cc1c[nH]c2ncnc(N3CCC(NC(=O)c4cccc(OCCN5CCOCC5)c4)CC3)c12. The van der Waals surface area contributed by atoms with Crippen molar-refractivity contribution in [1.82, 2.24) is 25.2 Å². The Hall–Kier alpha value is -3.17. The summed E-state index contributed by atoms with van der Waals surface area (Å²) in [6.45, 7) is 8.65. The van der Waals surface area contributed by atoms with Crippen molar-refractivity contribution in [3.8, 4) is 5.75 Å². The highest BCUT2D eigenvalue weighted by molar-refractivity contribution is 5.95. The highest BCUT2D eigenvalue weighted by atomic mass is 16.5. The summed E-state index contributed by atoms with van der Waals surface area (Å²) in [5, 5.41) is 4.28. The molecule has 9 heteroatoms. The van der Waals surface area contributed by atoms with Gasteiger partial charge in [0.05, 0.1) is 18.6 Å². The molecule has 0 spiro atoms. The van der Waals surface area contributed by atoms with Gasteiger partial charge in [0.1, 0.15) is 30.1 Å². The molecule has 1 aromatic carbocycles. The molecule has 2 N–H and O–H groups in total. The number of carbonyl (C=O) groups is 1. The third-order valence-corrected chi connectivity index (χ3v) is 6.65. The monoisotopic (exact) mass is 464 g/mol. The first-order valence-corrected chi connectivity index (χ1v) is 12.0. The second kappa shape index (κ2) is 10.4. The lowest BCUT2D eigenvalue weighted by molar-refractivity contribution is 0.0322. The summed E-state index contributed by atoms with van der Waals surface area (Å²) in [7, 11) is 0. The minimum Gasteiger partial charge on any atom is -0.492 e. The highest BCUT2D eigenvalue weighted by Crippen LogP contribution is 2.28. The van der Waals surface area contributed by atoms with Crippen LogP contribution in [-0.2, 0) is 4.74 Å². The van der Waals surface area contributed by atoms with Crippen molar-refractivity contribution in [2.24, 2.45) is 0 Å². The van der Waals surface area contributed by atoms with Crippen LogP contribution in [-0.4, -0.2) is 84.3 Å². The lowest BCUT2D eigenvalue weighted by Gasteiger charge is -2.33. The zero-order valence-electron chi connectivity index (χ0n) is 19.6. The first kappa shape index (κ1) is 22.6. The maximum absolute atomic E-state index is 12.9. The Balaban J connectivity index is 1.13. The lowest BCUT2D eigenvalue weighted by atomic mass is 10.0. The molecule has 0 unspecified atom stereocenters. The summed E-state index contributed by atoms with van der Waals surface area (Å²) < 4.78 is 11.3. The average Bonchev–Trinajstić information content (AvgIpc) is 3.26. The Bertz CT molecular complexity index is 1120. The quantitative estimate of drug-likeness (QED) is 0.554. The van der Waals surface area contributed by atoms with E-state index in [1.54, 1.807) is 6.33 Å². The minimum absolute atomic E-state index is 0.0528. The van der Waals surface area contributed by atoms with Crippen LogP contribution in [0, 0.1) is 6.92 Å².